The summed E-state index contributed by atoms with van der Waals surface area (Å²) in [6, 6.07) is 5.85. The van der Waals surface area contributed by atoms with Gasteiger partial charge in [-0.05, 0) is 18.9 Å². The van der Waals surface area contributed by atoms with Gasteiger partial charge in [0.1, 0.15) is 11.9 Å². The van der Waals surface area contributed by atoms with Gasteiger partial charge in [0.2, 0.25) is 0 Å². The monoisotopic (exact) mass is 304 g/mol. The topological polar surface area (TPSA) is 68.2 Å². The fraction of sp³-hybridized carbons (Fsp3) is 0.562. The quantitative estimate of drug-likeness (QED) is 0.634. The number of nitroso groups, excluding NO2 is 1. The standard InChI is InChI=1S/C16H20N2O4/c1-11(19)22-15-7-10-21-16-13(15)3-2-4-14(16)18-8-5-12(17-20)6-9-18/h2-4,12,15H,5-10H2,1H3. The minimum atomic E-state index is -0.277. The normalized spacial score (nSPS) is 21.7. The molecule has 22 heavy (non-hydrogen) atoms. The lowest BCUT2D eigenvalue weighted by molar-refractivity contribution is -0.147. The first-order valence-electron chi connectivity index (χ1n) is 7.69. The highest BCUT2D eigenvalue weighted by Gasteiger charge is 2.29. The Morgan fingerprint density at radius 3 is 2.77 bits per heavy atom. The number of hydrogen-bond donors (Lipinski definition) is 0. The van der Waals surface area contributed by atoms with E-state index in [1.807, 2.05) is 18.2 Å². The molecule has 1 aromatic carbocycles. The molecule has 0 saturated carbocycles. The van der Waals surface area contributed by atoms with Crippen LogP contribution in [0.15, 0.2) is 23.4 Å². The van der Waals surface area contributed by atoms with Crippen LogP contribution in [-0.2, 0) is 9.53 Å². The van der Waals surface area contributed by atoms with Crippen LogP contribution in [0.4, 0.5) is 5.69 Å². The van der Waals surface area contributed by atoms with Crippen LogP contribution in [0.3, 0.4) is 0 Å². The lowest BCUT2D eigenvalue weighted by Gasteiger charge is -2.35. The first kappa shape index (κ1) is 14.8. The van der Waals surface area contributed by atoms with Crippen molar-refractivity contribution in [2.75, 3.05) is 24.6 Å². The van der Waals surface area contributed by atoms with E-state index in [1.54, 1.807) is 0 Å². The van der Waals surface area contributed by atoms with Gasteiger partial charge in [0.05, 0.1) is 18.3 Å². The second-order valence-corrected chi connectivity index (χ2v) is 5.75. The lowest BCUT2D eigenvalue weighted by Crippen LogP contribution is -2.35. The summed E-state index contributed by atoms with van der Waals surface area (Å²) in [5.74, 6) is 0.527. The molecule has 0 spiro atoms. The number of benzene rings is 1. The van der Waals surface area contributed by atoms with Gasteiger partial charge in [-0.25, -0.2) is 0 Å². The highest BCUT2D eigenvalue weighted by molar-refractivity contribution is 5.68. The van der Waals surface area contributed by atoms with E-state index in [0.717, 1.165) is 42.9 Å². The Labute approximate surface area is 129 Å². The van der Waals surface area contributed by atoms with E-state index in [4.69, 9.17) is 9.47 Å². The maximum absolute atomic E-state index is 11.3. The van der Waals surface area contributed by atoms with Gasteiger partial charge in [0.15, 0.2) is 0 Å². The molecular formula is C16H20N2O4. The molecule has 6 heteroatoms. The molecule has 1 unspecified atom stereocenters. The highest BCUT2D eigenvalue weighted by atomic mass is 16.5. The number of carbonyl (C=O) groups is 1. The Balaban J connectivity index is 1.84. The number of para-hydroxylation sites is 1. The number of carbonyl (C=O) groups excluding carboxylic acids is 1. The van der Waals surface area contributed by atoms with Gasteiger partial charge in [-0.15, -0.1) is 0 Å². The molecule has 1 saturated heterocycles. The maximum Gasteiger partial charge on any atom is 0.303 e. The number of rotatable bonds is 3. The van der Waals surface area contributed by atoms with Crippen LogP contribution in [0.1, 0.15) is 37.9 Å². The highest BCUT2D eigenvalue weighted by Crippen LogP contribution is 2.42. The van der Waals surface area contributed by atoms with E-state index in [9.17, 15) is 9.70 Å². The Morgan fingerprint density at radius 1 is 1.32 bits per heavy atom. The number of hydrogen-bond acceptors (Lipinski definition) is 6. The molecule has 2 aliphatic rings. The third-order valence-electron chi connectivity index (χ3n) is 4.26. The second-order valence-electron chi connectivity index (χ2n) is 5.75. The van der Waals surface area contributed by atoms with E-state index < -0.39 is 0 Å². The number of fused-ring (bicyclic) bond motifs is 1. The van der Waals surface area contributed by atoms with Crippen LogP contribution in [0.25, 0.3) is 0 Å². The summed E-state index contributed by atoms with van der Waals surface area (Å²) < 4.78 is 11.3. The summed E-state index contributed by atoms with van der Waals surface area (Å²) in [5, 5.41) is 3.14. The third kappa shape index (κ3) is 2.91. The predicted molar refractivity (Wildman–Crippen MR) is 82.1 cm³/mol. The van der Waals surface area contributed by atoms with Crippen LogP contribution in [-0.4, -0.2) is 31.7 Å². The van der Waals surface area contributed by atoms with Crippen molar-refractivity contribution in [1.82, 2.24) is 0 Å². The zero-order valence-electron chi connectivity index (χ0n) is 12.7. The molecule has 0 N–H and O–H groups in total. The van der Waals surface area contributed by atoms with Crippen LogP contribution in [0, 0.1) is 4.91 Å². The van der Waals surface area contributed by atoms with Crippen molar-refractivity contribution in [3.05, 3.63) is 28.7 Å². The SMILES string of the molecule is CC(=O)OC1CCOc2c1cccc2N1CCC(N=O)CC1. The number of nitrogens with zero attached hydrogens (tertiary/aromatic N) is 2. The molecule has 1 aromatic rings. The van der Waals surface area contributed by atoms with E-state index in [2.05, 4.69) is 10.1 Å². The van der Waals surface area contributed by atoms with E-state index in [0.29, 0.717) is 13.0 Å². The third-order valence-corrected chi connectivity index (χ3v) is 4.26. The van der Waals surface area contributed by atoms with Crippen molar-refractivity contribution in [2.45, 2.75) is 38.3 Å². The molecule has 3 rings (SSSR count). The first-order valence-corrected chi connectivity index (χ1v) is 7.69. The number of piperidine rings is 1. The van der Waals surface area contributed by atoms with Crippen LogP contribution in [0.2, 0.25) is 0 Å². The maximum atomic E-state index is 11.3. The van der Waals surface area contributed by atoms with Crippen molar-refractivity contribution in [2.24, 2.45) is 5.18 Å². The lowest BCUT2D eigenvalue weighted by atomic mass is 9.99. The molecule has 118 valence electrons. The van der Waals surface area contributed by atoms with Crippen molar-refractivity contribution in [3.63, 3.8) is 0 Å². The fourth-order valence-corrected chi connectivity index (χ4v) is 3.16. The molecule has 0 bridgehead atoms. The van der Waals surface area contributed by atoms with Gasteiger partial charge in [0.25, 0.3) is 0 Å². The minimum absolute atomic E-state index is 0.0782. The van der Waals surface area contributed by atoms with Crippen molar-refractivity contribution in [1.29, 1.82) is 0 Å². The predicted octanol–water partition coefficient (Wildman–Crippen LogP) is 2.81. The largest absolute Gasteiger partial charge is 0.491 e. The Bertz CT molecular complexity index is 567. The molecule has 1 fully saturated rings. The zero-order valence-corrected chi connectivity index (χ0v) is 12.7. The van der Waals surface area contributed by atoms with Crippen LogP contribution in [0.5, 0.6) is 5.75 Å². The number of ether oxygens (including phenoxy) is 2. The average molecular weight is 304 g/mol. The Morgan fingerprint density at radius 2 is 2.09 bits per heavy atom. The summed E-state index contributed by atoms with van der Waals surface area (Å²) in [7, 11) is 0. The minimum Gasteiger partial charge on any atom is -0.491 e. The van der Waals surface area contributed by atoms with Gasteiger partial charge >= 0.3 is 5.97 Å². The fourth-order valence-electron chi connectivity index (χ4n) is 3.16. The molecule has 2 aliphatic heterocycles. The van der Waals surface area contributed by atoms with E-state index in [1.165, 1.54) is 6.92 Å². The average Bonchev–Trinajstić information content (AvgIpc) is 2.54. The Kier molecular flexibility index (Phi) is 4.27. The second kappa shape index (κ2) is 6.34. The summed E-state index contributed by atoms with van der Waals surface area (Å²) in [5.41, 5.74) is 1.94. The smallest absolute Gasteiger partial charge is 0.303 e. The number of anilines is 1. The summed E-state index contributed by atoms with van der Waals surface area (Å²) >= 11 is 0. The van der Waals surface area contributed by atoms with Gasteiger partial charge < -0.3 is 14.4 Å². The molecule has 0 aromatic heterocycles. The molecule has 0 amide bonds. The van der Waals surface area contributed by atoms with E-state index >= 15 is 0 Å². The van der Waals surface area contributed by atoms with E-state index in [-0.39, 0.29) is 18.1 Å². The molecule has 0 radical (unpaired) electrons. The molecular weight excluding hydrogens is 284 g/mol. The van der Waals surface area contributed by atoms with Gasteiger partial charge in [0, 0.05) is 32.0 Å². The first-order chi connectivity index (χ1) is 10.7. The van der Waals surface area contributed by atoms with Gasteiger partial charge in [-0.3, -0.25) is 4.79 Å². The van der Waals surface area contributed by atoms with Crippen LogP contribution < -0.4 is 9.64 Å². The summed E-state index contributed by atoms with van der Waals surface area (Å²) in [6.45, 7) is 3.54. The molecule has 6 nitrogen and oxygen atoms in total. The molecule has 2 heterocycles. The zero-order chi connectivity index (χ0) is 15.5. The van der Waals surface area contributed by atoms with Gasteiger partial charge in [-0.2, -0.15) is 4.91 Å². The van der Waals surface area contributed by atoms with Crippen molar-refractivity contribution < 1.29 is 14.3 Å². The Hall–Kier alpha value is -2.11. The van der Waals surface area contributed by atoms with Crippen molar-refractivity contribution in [3.8, 4) is 5.75 Å². The van der Waals surface area contributed by atoms with Gasteiger partial charge in [-0.1, -0.05) is 17.3 Å². The van der Waals surface area contributed by atoms with Crippen LogP contribution >= 0.6 is 0 Å². The van der Waals surface area contributed by atoms with Crippen molar-refractivity contribution >= 4 is 11.7 Å². The molecule has 0 aliphatic carbocycles. The summed E-state index contributed by atoms with van der Waals surface area (Å²) in [6.07, 6.45) is 1.96. The number of esters is 1. The summed E-state index contributed by atoms with van der Waals surface area (Å²) in [4.78, 5) is 24.1. The molecule has 1 atom stereocenters.